The molecule has 1 rings (SSSR count). The Balaban J connectivity index is 2.96. The standard InChI is InChI=1S/C11H10O5/c1-16-10-6-7(2-3-9(10)13)8(12)4-5-11(14)15/h2-6,13H,1H3,(H,14,15). The molecule has 0 saturated carbocycles. The maximum atomic E-state index is 11.4. The second kappa shape index (κ2) is 4.97. The predicted octanol–water partition coefficient (Wildman–Crippen LogP) is 1.22. The van der Waals surface area contributed by atoms with E-state index in [1.807, 2.05) is 0 Å². The zero-order chi connectivity index (χ0) is 12.1. The molecule has 5 nitrogen and oxygen atoms in total. The summed E-state index contributed by atoms with van der Waals surface area (Å²) in [7, 11) is 1.36. The molecule has 0 saturated heterocycles. The molecule has 0 bridgehead atoms. The number of ketones is 1. The van der Waals surface area contributed by atoms with E-state index < -0.39 is 11.8 Å². The van der Waals surface area contributed by atoms with Crippen molar-refractivity contribution in [3.63, 3.8) is 0 Å². The fraction of sp³-hybridized carbons (Fsp3) is 0.0909. The van der Waals surface area contributed by atoms with E-state index in [1.54, 1.807) is 0 Å². The molecule has 0 aliphatic carbocycles. The normalized spacial score (nSPS) is 10.3. The van der Waals surface area contributed by atoms with Gasteiger partial charge in [0.25, 0.3) is 0 Å². The number of carbonyl (C=O) groups excluding carboxylic acids is 1. The van der Waals surface area contributed by atoms with Crippen LogP contribution in [0.3, 0.4) is 0 Å². The molecule has 2 N–H and O–H groups in total. The summed E-state index contributed by atoms with van der Waals surface area (Å²) in [5.41, 5.74) is 0.243. The number of rotatable bonds is 4. The third-order valence-electron chi connectivity index (χ3n) is 1.84. The predicted molar refractivity (Wildman–Crippen MR) is 55.8 cm³/mol. The van der Waals surface area contributed by atoms with Crippen molar-refractivity contribution in [3.05, 3.63) is 35.9 Å². The van der Waals surface area contributed by atoms with Gasteiger partial charge in [-0.15, -0.1) is 0 Å². The summed E-state index contributed by atoms with van der Waals surface area (Å²) in [6.45, 7) is 0. The number of aliphatic carboxylic acids is 1. The van der Waals surface area contributed by atoms with Gasteiger partial charge in [-0.05, 0) is 24.3 Å². The van der Waals surface area contributed by atoms with Gasteiger partial charge in [-0.1, -0.05) is 0 Å². The third kappa shape index (κ3) is 2.84. The van der Waals surface area contributed by atoms with Gasteiger partial charge in [0.05, 0.1) is 7.11 Å². The first-order valence-electron chi connectivity index (χ1n) is 4.37. The number of phenolic OH excluding ortho intramolecular Hbond substituents is 1. The topological polar surface area (TPSA) is 83.8 Å². The Morgan fingerprint density at radius 3 is 2.56 bits per heavy atom. The van der Waals surface area contributed by atoms with Crippen molar-refractivity contribution >= 4 is 11.8 Å². The molecule has 0 atom stereocenters. The Hall–Kier alpha value is -2.30. The number of hydrogen-bond acceptors (Lipinski definition) is 4. The molecular weight excluding hydrogens is 212 g/mol. The molecule has 0 aromatic heterocycles. The van der Waals surface area contributed by atoms with E-state index in [-0.39, 0.29) is 17.1 Å². The molecular formula is C11H10O5. The molecule has 0 amide bonds. The Bertz CT molecular complexity index is 448. The Morgan fingerprint density at radius 2 is 2.00 bits per heavy atom. The second-order valence-corrected chi connectivity index (χ2v) is 2.92. The lowest BCUT2D eigenvalue weighted by Gasteiger charge is -2.03. The van der Waals surface area contributed by atoms with Crippen molar-refractivity contribution in [2.75, 3.05) is 7.11 Å². The minimum Gasteiger partial charge on any atom is -0.504 e. The first-order chi connectivity index (χ1) is 7.54. The van der Waals surface area contributed by atoms with Crippen molar-refractivity contribution in [2.45, 2.75) is 0 Å². The third-order valence-corrected chi connectivity index (χ3v) is 1.84. The Kier molecular flexibility index (Phi) is 3.66. The largest absolute Gasteiger partial charge is 0.504 e. The van der Waals surface area contributed by atoms with E-state index in [2.05, 4.69) is 0 Å². The molecule has 0 unspecified atom stereocenters. The highest BCUT2D eigenvalue weighted by Gasteiger charge is 2.07. The van der Waals surface area contributed by atoms with Gasteiger partial charge in [-0.3, -0.25) is 4.79 Å². The molecule has 1 aromatic rings. The molecule has 0 aliphatic heterocycles. The lowest BCUT2D eigenvalue weighted by molar-refractivity contribution is -0.131. The summed E-state index contributed by atoms with van der Waals surface area (Å²) in [5, 5.41) is 17.6. The number of phenols is 1. The maximum Gasteiger partial charge on any atom is 0.328 e. The Morgan fingerprint density at radius 1 is 1.31 bits per heavy atom. The van der Waals surface area contributed by atoms with E-state index in [4.69, 9.17) is 9.84 Å². The summed E-state index contributed by atoms with van der Waals surface area (Å²) in [6, 6.07) is 4.02. The summed E-state index contributed by atoms with van der Waals surface area (Å²) in [4.78, 5) is 21.6. The number of carboxylic acids is 1. The van der Waals surface area contributed by atoms with Crippen LogP contribution in [-0.4, -0.2) is 29.1 Å². The fourth-order valence-corrected chi connectivity index (χ4v) is 1.07. The molecule has 16 heavy (non-hydrogen) atoms. The monoisotopic (exact) mass is 222 g/mol. The van der Waals surface area contributed by atoms with Crippen molar-refractivity contribution < 1.29 is 24.5 Å². The number of aromatic hydroxyl groups is 1. The molecule has 0 heterocycles. The highest BCUT2D eigenvalue weighted by Crippen LogP contribution is 2.26. The van der Waals surface area contributed by atoms with Gasteiger partial charge in [-0.2, -0.15) is 0 Å². The molecule has 5 heteroatoms. The van der Waals surface area contributed by atoms with Gasteiger partial charge in [0.2, 0.25) is 0 Å². The van der Waals surface area contributed by atoms with E-state index in [0.717, 1.165) is 12.2 Å². The van der Waals surface area contributed by atoms with Gasteiger partial charge >= 0.3 is 5.97 Å². The minimum absolute atomic E-state index is 0.0822. The van der Waals surface area contributed by atoms with Crippen LogP contribution in [0.4, 0.5) is 0 Å². The van der Waals surface area contributed by atoms with E-state index in [0.29, 0.717) is 0 Å². The number of allylic oxidation sites excluding steroid dienone is 1. The molecule has 1 aromatic carbocycles. The van der Waals surface area contributed by atoms with Gasteiger partial charge in [-0.25, -0.2) is 4.79 Å². The molecule has 84 valence electrons. The van der Waals surface area contributed by atoms with Crippen LogP contribution < -0.4 is 4.74 Å². The number of carbonyl (C=O) groups is 2. The zero-order valence-corrected chi connectivity index (χ0v) is 8.51. The summed E-state index contributed by atoms with van der Waals surface area (Å²) in [6.07, 6.45) is 1.69. The zero-order valence-electron chi connectivity index (χ0n) is 8.51. The van der Waals surface area contributed by atoms with Crippen LogP contribution in [0, 0.1) is 0 Å². The summed E-state index contributed by atoms with van der Waals surface area (Å²) < 4.78 is 4.82. The van der Waals surface area contributed by atoms with Crippen molar-refractivity contribution in [1.82, 2.24) is 0 Å². The van der Waals surface area contributed by atoms with Crippen LogP contribution >= 0.6 is 0 Å². The summed E-state index contributed by atoms with van der Waals surface area (Å²) in [5.74, 6) is -1.59. The van der Waals surface area contributed by atoms with Gasteiger partial charge in [0.15, 0.2) is 17.3 Å². The minimum atomic E-state index is -1.20. The number of benzene rings is 1. The van der Waals surface area contributed by atoms with E-state index in [1.165, 1.54) is 25.3 Å². The molecule has 0 radical (unpaired) electrons. The van der Waals surface area contributed by atoms with Crippen molar-refractivity contribution in [3.8, 4) is 11.5 Å². The lowest BCUT2D eigenvalue weighted by Crippen LogP contribution is -1.97. The number of methoxy groups -OCH3 is 1. The molecule has 0 fully saturated rings. The lowest BCUT2D eigenvalue weighted by atomic mass is 10.1. The smallest absolute Gasteiger partial charge is 0.328 e. The SMILES string of the molecule is COc1cc(C(=O)C=CC(=O)O)ccc1O. The second-order valence-electron chi connectivity index (χ2n) is 2.92. The number of ether oxygens (including phenoxy) is 1. The Labute approximate surface area is 91.6 Å². The van der Waals surface area contributed by atoms with Crippen LogP contribution in [0.5, 0.6) is 11.5 Å². The first kappa shape index (κ1) is 11.8. The van der Waals surface area contributed by atoms with E-state index in [9.17, 15) is 14.7 Å². The molecule has 0 aliphatic rings. The van der Waals surface area contributed by atoms with Crippen molar-refractivity contribution in [2.24, 2.45) is 0 Å². The van der Waals surface area contributed by atoms with Crippen LogP contribution in [0.15, 0.2) is 30.4 Å². The average molecular weight is 222 g/mol. The van der Waals surface area contributed by atoms with E-state index >= 15 is 0 Å². The summed E-state index contributed by atoms with van der Waals surface area (Å²) >= 11 is 0. The highest BCUT2D eigenvalue weighted by atomic mass is 16.5. The van der Waals surface area contributed by atoms with Gasteiger partial charge in [0, 0.05) is 11.6 Å². The van der Waals surface area contributed by atoms with Crippen LogP contribution in [0.2, 0.25) is 0 Å². The maximum absolute atomic E-state index is 11.4. The number of carboxylic acid groups (broad SMARTS) is 1. The number of hydrogen-bond donors (Lipinski definition) is 2. The van der Waals surface area contributed by atoms with Crippen molar-refractivity contribution in [1.29, 1.82) is 0 Å². The highest BCUT2D eigenvalue weighted by molar-refractivity contribution is 6.07. The van der Waals surface area contributed by atoms with Crippen LogP contribution in [0.25, 0.3) is 0 Å². The van der Waals surface area contributed by atoms with Gasteiger partial charge < -0.3 is 14.9 Å². The van der Waals surface area contributed by atoms with Crippen LogP contribution in [-0.2, 0) is 4.79 Å². The average Bonchev–Trinajstić information content (AvgIpc) is 2.26. The quantitative estimate of drug-likeness (QED) is 0.591. The molecule has 0 spiro atoms. The van der Waals surface area contributed by atoms with Crippen LogP contribution in [0.1, 0.15) is 10.4 Å². The van der Waals surface area contributed by atoms with Gasteiger partial charge in [0.1, 0.15) is 0 Å². The fourth-order valence-electron chi connectivity index (χ4n) is 1.07. The first-order valence-corrected chi connectivity index (χ1v) is 4.37.